The molecule has 0 fully saturated rings. The Morgan fingerprint density at radius 2 is 2.07 bits per heavy atom. The standard InChI is InChI=1S/C22H26N2O2S/c1-3-24-14-17-7-5-4-6-15(17)10-18(24)13-23-22(25)20-12-19(27-2)11-16-8-9-26-21(16)20/h4-7,11-12,18H,3,8-10,13-14H2,1-2H3,(H,23,25)/t18-/m1/s1. The van der Waals surface area contributed by atoms with Gasteiger partial charge in [-0.25, -0.2) is 0 Å². The molecule has 0 aliphatic carbocycles. The minimum absolute atomic E-state index is 0.0287. The van der Waals surface area contributed by atoms with E-state index in [0.717, 1.165) is 42.1 Å². The van der Waals surface area contributed by atoms with Crippen LogP contribution in [-0.4, -0.2) is 42.8 Å². The van der Waals surface area contributed by atoms with Crippen LogP contribution in [0.3, 0.4) is 0 Å². The first-order chi connectivity index (χ1) is 13.2. The molecule has 4 nitrogen and oxygen atoms in total. The van der Waals surface area contributed by atoms with Crippen LogP contribution in [0, 0.1) is 0 Å². The maximum Gasteiger partial charge on any atom is 0.255 e. The summed E-state index contributed by atoms with van der Waals surface area (Å²) in [5, 5.41) is 3.17. The smallest absolute Gasteiger partial charge is 0.255 e. The Balaban J connectivity index is 1.49. The molecule has 0 unspecified atom stereocenters. The topological polar surface area (TPSA) is 41.6 Å². The third kappa shape index (κ3) is 3.71. The number of ether oxygens (including phenoxy) is 1. The van der Waals surface area contributed by atoms with E-state index in [1.54, 1.807) is 11.8 Å². The van der Waals surface area contributed by atoms with Crippen molar-refractivity contribution >= 4 is 17.7 Å². The Morgan fingerprint density at radius 3 is 2.85 bits per heavy atom. The fourth-order valence-corrected chi connectivity index (χ4v) is 4.58. The molecule has 4 rings (SSSR count). The van der Waals surface area contributed by atoms with Crippen molar-refractivity contribution in [1.82, 2.24) is 10.2 Å². The lowest BCUT2D eigenvalue weighted by Gasteiger charge is -2.36. The van der Waals surface area contributed by atoms with E-state index in [2.05, 4.69) is 47.5 Å². The molecular formula is C22H26N2O2S. The molecule has 2 aromatic carbocycles. The summed E-state index contributed by atoms with van der Waals surface area (Å²) < 4.78 is 5.75. The lowest BCUT2D eigenvalue weighted by Crippen LogP contribution is -2.47. The van der Waals surface area contributed by atoms with Crippen molar-refractivity contribution in [2.24, 2.45) is 0 Å². The van der Waals surface area contributed by atoms with Gasteiger partial charge in [-0.2, -0.15) is 0 Å². The number of carbonyl (C=O) groups excluding carboxylic acids is 1. The molecule has 0 saturated carbocycles. The minimum atomic E-state index is -0.0287. The molecular weight excluding hydrogens is 356 g/mol. The van der Waals surface area contributed by atoms with E-state index in [0.29, 0.717) is 24.8 Å². The Kier molecular flexibility index (Phi) is 5.41. The first kappa shape index (κ1) is 18.4. The number of rotatable bonds is 5. The van der Waals surface area contributed by atoms with Gasteiger partial charge in [0, 0.05) is 30.4 Å². The van der Waals surface area contributed by atoms with Gasteiger partial charge in [-0.15, -0.1) is 11.8 Å². The van der Waals surface area contributed by atoms with Gasteiger partial charge < -0.3 is 10.1 Å². The van der Waals surface area contributed by atoms with E-state index in [9.17, 15) is 4.79 Å². The highest BCUT2D eigenvalue weighted by Crippen LogP contribution is 2.34. The van der Waals surface area contributed by atoms with Crippen molar-refractivity contribution in [2.75, 3.05) is 26.0 Å². The first-order valence-electron chi connectivity index (χ1n) is 9.62. The minimum Gasteiger partial charge on any atom is -0.492 e. The van der Waals surface area contributed by atoms with Gasteiger partial charge in [0.1, 0.15) is 5.75 Å². The summed E-state index contributed by atoms with van der Waals surface area (Å²) >= 11 is 1.67. The van der Waals surface area contributed by atoms with E-state index < -0.39 is 0 Å². The van der Waals surface area contributed by atoms with Crippen LogP contribution in [0.2, 0.25) is 0 Å². The summed E-state index contributed by atoms with van der Waals surface area (Å²) in [5.74, 6) is 0.741. The van der Waals surface area contributed by atoms with Crippen LogP contribution in [0.25, 0.3) is 0 Å². The molecule has 1 N–H and O–H groups in total. The van der Waals surface area contributed by atoms with Crippen LogP contribution in [0.1, 0.15) is 34.0 Å². The van der Waals surface area contributed by atoms with Gasteiger partial charge in [-0.3, -0.25) is 9.69 Å². The molecule has 0 aromatic heterocycles. The first-order valence-corrected chi connectivity index (χ1v) is 10.8. The summed E-state index contributed by atoms with van der Waals surface area (Å²) in [4.78, 5) is 16.5. The van der Waals surface area contributed by atoms with Crippen LogP contribution in [0.5, 0.6) is 5.75 Å². The largest absolute Gasteiger partial charge is 0.492 e. The van der Waals surface area contributed by atoms with E-state index in [1.807, 2.05) is 12.3 Å². The average Bonchev–Trinajstić information content (AvgIpc) is 3.19. The quantitative estimate of drug-likeness (QED) is 0.804. The van der Waals surface area contributed by atoms with Crippen LogP contribution in [0.15, 0.2) is 41.3 Å². The fraction of sp³-hybridized carbons (Fsp3) is 0.409. The molecule has 0 spiro atoms. The van der Waals surface area contributed by atoms with Gasteiger partial charge in [0.2, 0.25) is 0 Å². The predicted octanol–water partition coefficient (Wildman–Crippen LogP) is 3.52. The van der Waals surface area contributed by atoms with Gasteiger partial charge in [-0.1, -0.05) is 31.2 Å². The third-order valence-electron chi connectivity index (χ3n) is 5.61. The van der Waals surface area contributed by atoms with Gasteiger partial charge in [-0.05, 0) is 48.0 Å². The average molecular weight is 383 g/mol. The van der Waals surface area contributed by atoms with Gasteiger partial charge in [0.15, 0.2) is 0 Å². The van der Waals surface area contributed by atoms with E-state index >= 15 is 0 Å². The molecule has 1 atom stereocenters. The highest BCUT2D eigenvalue weighted by Gasteiger charge is 2.27. The summed E-state index contributed by atoms with van der Waals surface area (Å²) in [6.07, 6.45) is 3.90. The summed E-state index contributed by atoms with van der Waals surface area (Å²) in [5.41, 5.74) is 4.62. The predicted molar refractivity (Wildman–Crippen MR) is 110 cm³/mol. The monoisotopic (exact) mass is 382 g/mol. The van der Waals surface area contributed by atoms with E-state index in [1.165, 1.54) is 11.1 Å². The van der Waals surface area contributed by atoms with Crippen molar-refractivity contribution in [2.45, 2.75) is 37.2 Å². The maximum absolute atomic E-state index is 12.9. The van der Waals surface area contributed by atoms with Crippen molar-refractivity contribution in [3.05, 3.63) is 58.7 Å². The molecule has 142 valence electrons. The summed E-state index contributed by atoms with van der Waals surface area (Å²) in [6.45, 7) is 5.43. The molecule has 1 amide bonds. The molecule has 2 aromatic rings. The Labute approximate surface area is 165 Å². The van der Waals surface area contributed by atoms with Crippen molar-refractivity contribution in [1.29, 1.82) is 0 Å². The van der Waals surface area contributed by atoms with Crippen molar-refractivity contribution < 1.29 is 9.53 Å². The molecule has 0 bridgehead atoms. The number of benzene rings is 2. The highest BCUT2D eigenvalue weighted by atomic mass is 32.2. The molecule has 2 aliphatic heterocycles. The highest BCUT2D eigenvalue weighted by molar-refractivity contribution is 7.98. The van der Waals surface area contributed by atoms with Crippen molar-refractivity contribution in [3.63, 3.8) is 0 Å². The number of amides is 1. The number of hydrogen-bond acceptors (Lipinski definition) is 4. The summed E-state index contributed by atoms with van der Waals surface area (Å²) in [7, 11) is 0. The number of nitrogens with zero attached hydrogens (tertiary/aromatic N) is 1. The Hall–Kier alpha value is -1.98. The van der Waals surface area contributed by atoms with Gasteiger partial charge >= 0.3 is 0 Å². The van der Waals surface area contributed by atoms with Crippen LogP contribution in [0.4, 0.5) is 0 Å². The third-order valence-corrected chi connectivity index (χ3v) is 6.31. The fourth-order valence-electron chi connectivity index (χ4n) is 4.08. The van der Waals surface area contributed by atoms with E-state index in [-0.39, 0.29) is 5.91 Å². The number of thioether (sulfide) groups is 1. The van der Waals surface area contributed by atoms with Crippen LogP contribution < -0.4 is 10.1 Å². The Morgan fingerprint density at radius 1 is 1.26 bits per heavy atom. The van der Waals surface area contributed by atoms with Crippen LogP contribution in [-0.2, 0) is 19.4 Å². The molecule has 2 aliphatic rings. The normalized spacial score (nSPS) is 18.5. The molecule has 27 heavy (non-hydrogen) atoms. The lowest BCUT2D eigenvalue weighted by molar-refractivity contribution is 0.0924. The number of hydrogen-bond donors (Lipinski definition) is 1. The molecule has 2 heterocycles. The maximum atomic E-state index is 12.9. The zero-order valence-electron chi connectivity index (χ0n) is 16.0. The summed E-state index contributed by atoms with van der Waals surface area (Å²) in [6, 6.07) is 13.0. The van der Waals surface area contributed by atoms with Crippen LogP contribution >= 0.6 is 11.8 Å². The lowest BCUT2D eigenvalue weighted by atomic mass is 9.94. The number of nitrogens with one attached hydrogen (secondary N) is 1. The number of carbonyl (C=O) groups is 1. The zero-order valence-corrected chi connectivity index (χ0v) is 16.8. The second-order valence-corrected chi connectivity index (χ2v) is 8.04. The second-order valence-electron chi connectivity index (χ2n) is 7.16. The van der Waals surface area contributed by atoms with Crippen molar-refractivity contribution in [3.8, 4) is 5.75 Å². The SMILES string of the molecule is CCN1Cc2ccccc2C[C@@H]1CNC(=O)c1cc(SC)cc2c1OCC2. The number of fused-ring (bicyclic) bond motifs is 2. The molecule has 5 heteroatoms. The molecule has 0 radical (unpaired) electrons. The molecule has 0 saturated heterocycles. The van der Waals surface area contributed by atoms with Gasteiger partial charge in [0.05, 0.1) is 12.2 Å². The van der Waals surface area contributed by atoms with Gasteiger partial charge in [0.25, 0.3) is 5.91 Å². The second kappa shape index (κ2) is 7.95. The Bertz CT molecular complexity index is 852. The number of likely N-dealkylation sites (N-methyl/N-ethyl adjacent to an activating group) is 1. The van der Waals surface area contributed by atoms with E-state index in [4.69, 9.17) is 4.74 Å². The zero-order chi connectivity index (χ0) is 18.8.